The zero-order valence-corrected chi connectivity index (χ0v) is 22.2. The lowest BCUT2D eigenvalue weighted by atomic mass is 10.1. The quantitative estimate of drug-likeness (QED) is 0.194. The van der Waals surface area contributed by atoms with Crippen molar-refractivity contribution in [1.82, 2.24) is 0 Å². The standard InChI is InChI=1S/C28H24N2O3S3/c1-2-29-23-14-19-8-3-5-10-21(19)16-25(23)34-27(29)18-28-30(12-7-13-36(31,32)33)24-15-20-9-4-6-11-22(20)17-26(24)35-28/h3-6,8-11,14-18H,2,7,12-13H2,1H3/p+1. The van der Waals surface area contributed by atoms with Crippen LogP contribution in [0.4, 0.5) is 5.69 Å². The van der Waals surface area contributed by atoms with Gasteiger partial charge in [-0.25, -0.2) is 0 Å². The molecule has 0 bridgehead atoms. The van der Waals surface area contributed by atoms with E-state index in [4.69, 9.17) is 0 Å². The van der Waals surface area contributed by atoms with E-state index in [1.807, 2.05) is 12.1 Å². The molecule has 1 N–H and O–H groups in total. The van der Waals surface area contributed by atoms with E-state index in [1.54, 1.807) is 23.1 Å². The highest BCUT2D eigenvalue weighted by atomic mass is 32.2. The van der Waals surface area contributed by atoms with Crippen LogP contribution in [0.1, 0.15) is 18.4 Å². The van der Waals surface area contributed by atoms with Crippen LogP contribution >= 0.6 is 23.1 Å². The molecule has 36 heavy (non-hydrogen) atoms. The first-order valence-corrected chi connectivity index (χ1v) is 15.1. The van der Waals surface area contributed by atoms with Crippen LogP contribution in [0.25, 0.3) is 37.8 Å². The Balaban J connectivity index is 1.46. The second-order valence-electron chi connectivity index (χ2n) is 8.89. The lowest BCUT2D eigenvalue weighted by Gasteiger charge is -2.17. The van der Waals surface area contributed by atoms with Crippen LogP contribution < -0.4 is 9.47 Å². The predicted molar refractivity (Wildman–Crippen MR) is 151 cm³/mol. The maximum absolute atomic E-state index is 11.4. The Labute approximate surface area is 218 Å². The third kappa shape index (κ3) is 4.39. The van der Waals surface area contributed by atoms with Crippen molar-refractivity contribution in [2.45, 2.75) is 24.8 Å². The van der Waals surface area contributed by atoms with Gasteiger partial charge < -0.3 is 4.90 Å². The first-order chi connectivity index (χ1) is 17.4. The number of aromatic nitrogens is 1. The van der Waals surface area contributed by atoms with Gasteiger partial charge in [-0.3, -0.25) is 4.55 Å². The second kappa shape index (κ2) is 9.19. The molecule has 1 aliphatic rings. The van der Waals surface area contributed by atoms with Gasteiger partial charge >= 0.3 is 0 Å². The molecule has 1 aliphatic heterocycles. The van der Waals surface area contributed by atoms with Gasteiger partial charge in [0.05, 0.1) is 22.5 Å². The minimum atomic E-state index is -4.01. The third-order valence-electron chi connectivity index (χ3n) is 6.54. The summed E-state index contributed by atoms with van der Waals surface area (Å²) in [6.07, 6.45) is 2.57. The first-order valence-electron chi connectivity index (χ1n) is 11.9. The van der Waals surface area contributed by atoms with Crippen LogP contribution in [-0.4, -0.2) is 25.3 Å². The topological polar surface area (TPSA) is 61.5 Å². The fourth-order valence-corrected chi connectivity index (χ4v) is 7.77. The fourth-order valence-electron chi connectivity index (χ4n) is 4.86. The van der Waals surface area contributed by atoms with E-state index < -0.39 is 10.1 Å². The molecule has 0 radical (unpaired) electrons. The number of benzene rings is 4. The highest BCUT2D eigenvalue weighted by Gasteiger charge is 2.28. The largest absolute Gasteiger partial charge is 0.335 e. The normalized spacial score (nSPS) is 14.9. The van der Waals surface area contributed by atoms with Gasteiger partial charge in [0.25, 0.3) is 15.1 Å². The molecule has 2 heterocycles. The van der Waals surface area contributed by atoms with E-state index in [0.717, 1.165) is 32.2 Å². The molecule has 0 aliphatic carbocycles. The van der Waals surface area contributed by atoms with Gasteiger partial charge in [-0.15, -0.1) is 0 Å². The lowest BCUT2D eigenvalue weighted by molar-refractivity contribution is -0.668. The van der Waals surface area contributed by atoms with E-state index in [0.29, 0.717) is 13.0 Å². The van der Waals surface area contributed by atoms with Crippen molar-refractivity contribution >= 4 is 76.7 Å². The van der Waals surface area contributed by atoms with Gasteiger partial charge in [0.2, 0.25) is 5.52 Å². The molecule has 0 atom stereocenters. The number of thioether (sulfide) groups is 1. The highest BCUT2D eigenvalue weighted by molar-refractivity contribution is 8.04. The van der Waals surface area contributed by atoms with Crippen molar-refractivity contribution < 1.29 is 17.5 Å². The van der Waals surface area contributed by atoms with E-state index >= 15 is 0 Å². The maximum atomic E-state index is 11.4. The Hall–Kier alpha value is -2.91. The minimum absolute atomic E-state index is 0.255. The summed E-state index contributed by atoms with van der Waals surface area (Å²) in [6, 6.07) is 25.6. The Bertz CT molecular complexity index is 1770. The number of anilines is 1. The molecule has 4 aromatic carbocycles. The Kier molecular flexibility index (Phi) is 6.00. The minimum Gasteiger partial charge on any atom is -0.335 e. The summed E-state index contributed by atoms with van der Waals surface area (Å²) in [7, 11) is -4.01. The Morgan fingerprint density at radius 2 is 1.58 bits per heavy atom. The molecular formula is C28H25N2O3S3+. The van der Waals surface area contributed by atoms with Gasteiger partial charge in [-0.05, 0) is 46.7 Å². The van der Waals surface area contributed by atoms with Crippen LogP contribution in [0.5, 0.6) is 0 Å². The average Bonchev–Trinajstić information content (AvgIpc) is 3.36. The third-order valence-corrected chi connectivity index (χ3v) is 9.54. The molecule has 0 spiro atoms. The van der Waals surface area contributed by atoms with Crippen LogP contribution in [0, 0.1) is 0 Å². The van der Waals surface area contributed by atoms with Crippen molar-refractivity contribution in [3.05, 3.63) is 82.8 Å². The molecule has 0 saturated heterocycles. The van der Waals surface area contributed by atoms with E-state index in [9.17, 15) is 13.0 Å². The number of thiazole rings is 1. The molecule has 0 unspecified atom stereocenters. The van der Waals surface area contributed by atoms with Crippen LogP contribution in [0.15, 0.2) is 82.7 Å². The average molecular weight is 534 g/mol. The summed E-state index contributed by atoms with van der Waals surface area (Å²) in [5, 5.41) is 7.01. The summed E-state index contributed by atoms with van der Waals surface area (Å²) in [5.41, 5.74) is 2.30. The van der Waals surface area contributed by atoms with Gasteiger partial charge in [-0.1, -0.05) is 71.6 Å². The maximum Gasteiger partial charge on any atom is 0.265 e. The number of hydrogen-bond donors (Lipinski definition) is 1. The Morgan fingerprint density at radius 3 is 2.25 bits per heavy atom. The Morgan fingerprint density at radius 1 is 0.944 bits per heavy atom. The molecule has 182 valence electrons. The summed E-state index contributed by atoms with van der Waals surface area (Å²) in [5.74, 6) is -0.255. The molecule has 8 heteroatoms. The van der Waals surface area contributed by atoms with Crippen molar-refractivity contribution in [2.24, 2.45) is 0 Å². The number of aryl methyl sites for hydroxylation is 1. The zero-order valence-electron chi connectivity index (χ0n) is 19.7. The molecular weight excluding hydrogens is 509 g/mol. The molecule has 0 fully saturated rings. The van der Waals surface area contributed by atoms with Crippen molar-refractivity contribution in [2.75, 3.05) is 17.2 Å². The second-order valence-corrected chi connectivity index (χ2v) is 12.6. The van der Waals surface area contributed by atoms with E-state index in [1.165, 1.54) is 26.7 Å². The highest BCUT2D eigenvalue weighted by Crippen LogP contribution is 2.48. The van der Waals surface area contributed by atoms with Crippen LogP contribution in [0.3, 0.4) is 0 Å². The molecule has 6 rings (SSSR count). The summed E-state index contributed by atoms with van der Waals surface area (Å²) in [6.45, 7) is 3.52. The van der Waals surface area contributed by atoms with E-state index in [-0.39, 0.29) is 5.75 Å². The van der Waals surface area contributed by atoms with Crippen LogP contribution in [0.2, 0.25) is 0 Å². The summed E-state index contributed by atoms with van der Waals surface area (Å²) in [4.78, 5) is 3.59. The number of nitrogens with zero attached hydrogens (tertiary/aromatic N) is 2. The molecule has 1 aromatic heterocycles. The van der Waals surface area contributed by atoms with Gasteiger partial charge in [0, 0.05) is 23.9 Å². The molecule has 5 aromatic rings. The summed E-state index contributed by atoms with van der Waals surface area (Å²) < 4.78 is 35.4. The van der Waals surface area contributed by atoms with Crippen molar-refractivity contribution in [3.63, 3.8) is 0 Å². The van der Waals surface area contributed by atoms with Gasteiger partial charge in [-0.2, -0.15) is 13.0 Å². The molecule has 0 amide bonds. The lowest BCUT2D eigenvalue weighted by Crippen LogP contribution is -2.36. The smallest absolute Gasteiger partial charge is 0.265 e. The summed E-state index contributed by atoms with van der Waals surface area (Å²) >= 11 is 3.49. The first kappa shape index (κ1) is 23.5. The SMILES string of the molecule is CCN1C(=Cc2sc3cc4ccccc4cc3[n+]2CCCS(=O)(=O)O)Sc2cc3ccccc3cc21. The van der Waals surface area contributed by atoms with Crippen LogP contribution in [-0.2, 0) is 16.7 Å². The zero-order chi connectivity index (χ0) is 24.9. The molecule has 5 nitrogen and oxygen atoms in total. The van der Waals surface area contributed by atoms with Crippen molar-refractivity contribution in [3.8, 4) is 0 Å². The van der Waals surface area contributed by atoms with Crippen molar-refractivity contribution in [1.29, 1.82) is 0 Å². The number of fused-ring (bicyclic) bond motifs is 4. The van der Waals surface area contributed by atoms with E-state index in [2.05, 4.69) is 83.1 Å². The number of rotatable bonds is 6. The van der Waals surface area contributed by atoms with Gasteiger partial charge in [0.15, 0.2) is 6.54 Å². The predicted octanol–water partition coefficient (Wildman–Crippen LogP) is 6.70. The van der Waals surface area contributed by atoms with Gasteiger partial charge in [0.1, 0.15) is 4.70 Å². The molecule has 0 saturated carbocycles. The monoisotopic (exact) mass is 533 g/mol. The fraction of sp³-hybridized carbons (Fsp3) is 0.179. The number of hydrogen-bond acceptors (Lipinski definition) is 5.